The Morgan fingerprint density at radius 2 is 1.68 bits per heavy atom. The molecule has 2 atom stereocenters. The first kappa shape index (κ1) is 20.5. The van der Waals surface area contributed by atoms with E-state index >= 15 is 0 Å². The van der Waals surface area contributed by atoms with Crippen molar-refractivity contribution < 1.29 is 0 Å². The lowest BCUT2D eigenvalue weighted by Gasteiger charge is -2.20. The summed E-state index contributed by atoms with van der Waals surface area (Å²) in [6, 6.07) is 9.65. The normalized spacial score (nSPS) is 24.2. The van der Waals surface area contributed by atoms with E-state index in [-0.39, 0.29) is 24.0 Å². The van der Waals surface area contributed by atoms with E-state index in [4.69, 9.17) is 0 Å². The highest BCUT2D eigenvalue weighted by molar-refractivity contribution is 14.0. The van der Waals surface area contributed by atoms with Crippen LogP contribution in [-0.4, -0.2) is 37.0 Å². The predicted molar refractivity (Wildman–Crippen MR) is 117 cm³/mol. The van der Waals surface area contributed by atoms with Gasteiger partial charge in [0.15, 0.2) is 5.96 Å². The van der Waals surface area contributed by atoms with Crippen LogP contribution in [0, 0.1) is 5.92 Å². The van der Waals surface area contributed by atoms with Gasteiger partial charge in [-0.25, -0.2) is 0 Å². The second-order valence-electron chi connectivity index (χ2n) is 7.40. The summed E-state index contributed by atoms with van der Waals surface area (Å²) in [5.74, 6) is 1.69. The van der Waals surface area contributed by atoms with Gasteiger partial charge in [0.05, 0.1) is 0 Å². The van der Waals surface area contributed by atoms with Crippen molar-refractivity contribution in [2.45, 2.75) is 58.2 Å². The summed E-state index contributed by atoms with van der Waals surface area (Å²) in [4.78, 5) is 6.91. The Labute approximate surface area is 169 Å². The molecule has 2 aliphatic rings. The predicted octanol–water partition coefficient (Wildman–Crippen LogP) is 3.75. The van der Waals surface area contributed by atoms with Gasteiger partial charge in [-0.3, -0.25) is 9.89 Å². The zero-order valence-electron chi connectivity index (χ0n) is 15.6. The minimum absolute atomic E-state index is 0. The lowest BCUT2D eigenvalue weighted by molar-refractivity contribution is 0.277. The summed E-state index contributed by atoms with van der Waals surface area (Å²) >= 11 is 0. The summed E-state index contributed by atoms with van der Waals surface area (Å²) in [7, 11) is 1.84. The Morgan fingerprint density at radius 1 is 1.08 bits per heavy atom. The van der Waals surface area contributed by atoms with Crippen LogP contribution in [0.25, 0.3) is 0 Å². The van der Waals surface area contributed by atoms with Gasteiger partial charge in [-0.2, -0.15) is 0 Å². The molecule has 1 aliphatic heterocycles. The maximum Gasteiger partial charge on any atom is 0.191 e. The molecule has 0 radical (unpaired) electrons. The third kappa shape index (κ3) is 6.77. The number of rotatable bonds is 5. The fraction of sp³-hybridized carbons (Fsp3) is 0.650. The first-order valence-corrected chi connectivity index (χ1v) is 9.52. The quantitative estimate of drug-likeness (QED) is 0.403. The van der Waals surface area contributed by atoms with Crippen LogP contribution < -0.4 is 10.6 Å². The Kier molecular flexibility index (Phi) is 8.49. The number of benzene rings is 1. The summed E-state index contributed by atoms with van der Waals surface area (Å²) in [6.07, 6.45) is 6.76. The molecule has 0 aromatic heterocycles. The van der Waals surface area contributed by atoms with E-state index in [1.165, 1.54) is 56.3 Å². The molecule has 1 saturated heterocycles. The molecular weight excluding hydrogens is 423 g/mol. The van der Waals surface area contributed by atoms with Crippen LogP contribution in [0.15, 0.2) is 29.3 Å². The second kappa shape index (κ2) is 10.4. The Hall–Kier alpha value is -0.820. The monoisotopic (exact) mass is 456 g/mol. The van der Waals surface area contributed by atoms with Crippen molar-refractivity contribution in [1.82, 2.24) is 15.5 Å². The van der Waals surface area contributed by atoms with Gasteiger partial charge >= 0.3 is 0 Å². The first-order chi connectivity index (χ1) is 11.7. The van der Waals surface area contributed by atoms with Gasteiger partial charge in [-0.15, -0.1) is 24.0 Å². The molecule has 25 heavy (non-hydrogen) atoms. The molecular formula is C20H33IN4. The van der Waals surface area contributed by atoms with Crippen molar-refractivity contribution in [2.24, 2.45) is 10.9 Å². The zero-order valence-corrected chi connectivity index (χ0v) is 18.0. The molecule has 2 fully saturated rings. The highest BCUT2D eigenvalue weighted by Gasteiger charge is 2.33. The average molecular weight is 456 g/mol. The number of aliphatic imine (C=N–C) groups is 1. The largest absolute Gasteiger partial charge is 0.353 e. The molecule has 5 heteroatoms. The zero-order chi connectivity index (χ0) is 16.8. The number of likely N-dealkylation sites (tertiary alicyclic amines) is 1. The van der Waals surface area contributed by atoms with Crippen LogP contribution in [0.1, 0.15) is 50.2 Å². The van der Waals surface area contributed by atoms with E-state index in [2.05, 4.69) is 51.7 Å². The maximum absolute atomic E-state index is 4.31. The Bertz CT molecular complexity index is 535. The summed E-state index contributed by atoms with van der Waals surface area (Å²) in [5.41, 5.74) is 2.73. The van der Waals surface area contributed by atoms with Gasteiger partial charge in [-0.05, 0) is 49.4 Å². The molecule has 1 heterocycles. The number of nitrogens with one attached hydrogen (secondary N) is 2. The summed E-state index contributed by atoms with van der Waals surface area (Å²) < 4.78 is 0. The highest BCUT2D eigenvalue weighted by atomic mass is 127. The Morgan fingerprint density at radius 3 is 2.24 bits per heavy atom. The van der Waals surface area contributed by atoms with Crippen LogP contribution >= 0.6 is 24.0 Å². The minimum atomic E-state index is 0. The van der Waals surface area contributed by atoms with E-state index in [9.17, 15) is 0 Å². The van der Waals surface area contributed by atoms with Gasteiger partial charge in [0.25, 0.3) is 0 Å². The van der Waals surface area contributed by atoms with Crippen molar-refractivity contribution in [1.29, 1.82) is 0 Å². The molecule has 2 unspecified atom stereocenters. The molecule has 4 nitrogen and oxygen atoms in total. The van der Waals surface area contributed by atoms with Crippen molar-refractivity contribution >= 4 is 29.9 Å². The molecule has 140 valence electrons. The van der Waals surface area contributed by atoms with Gasteiger partial charge in [-0.1, -0.05) is 44.0 Å². The molecule has 3 rings (SSSR count). The molecule has 1 aromatic carbocycles. The number of nitrogens with zero attached hydrogens (tertiary/aromatic N) is 2. The van der Waals surface area contributed by atoms with Crippen molar-refractivity contribution in [3.8, 4) is 0 Å². The van der Waals surface area contributed by atoms with Crippen LogP contribution in [0.4, 0.5) is 0 Å². The third-order valence-corrected chi connectivity index (χ3v) is 5.24. The van der Waals surface area contributed by atoms with Crippen LogP contribution in [0.5, 0.6) is 0 Å². The van der Waals surface area contributed by atoms with Crippen molar-refractivity contribution in [2.75, 3.05) is 20.1 Å². The molecule has 0 amide bonds. The van der Waals surface area contributed by atoms with Crippen molar-refractivity contribution in [3.05, 3.63) is 35.4 Å². The summed E-state index contributed by atoms with van der Waals surface area (Å²) in [5, 5.41) is 6.88. The van der Waals surface area contributed by atoms with Gasteiger partial charge < -0.3 is 10.6 Å². The van der Waals surface area contributed by atoms with E-state index in [0.717, 1.165) is 25.0 Å². The SMILES string of the molecule is CN=C(NCc1ccc(CN2CCCCCC2)cc1)NC1CC1C.I. The fourth-order valence-corrected chi connectivity index (χ4v) is 3.39. The molecule has 1 aromatic rings. The van der Waals surface area contributed by atoms with Crippen molar-refractivity contribution in [3.63, 3.8) is 0 Å². The topological polar surface area (TPSA) is 39.7 Å². The van der Waals surface area contributed by atoms with Gasteiger partial charge in [0.1, 0.15) is 0 Å². The van der Waals surface area contributed by atoms with Crippen LogP contribution in [0.2, 0.25) is 0 Å². The molecule has 1 aliphatic carbocycles. The minimum Gasteiger partial charge on any atom is -0.353 e. The second-order valence-corrected chi connectivity index (χ2v) is 7.40. The van der Waals surface area contributed by atoms with Crippen LogP contribution in [0.3, 0.4) is 0 Å². The molecule has 1 saturated carbocycles. The van der Waals surface area contributed by atoms with Gasteiger partial charge in [0, 0.05) is 26.2 Å². The lowest BCUT2D eigenvalue weighted by atomic mass is 10.1. The van der Waals surface area contributed by atoms with E-state index in [1.54, 1.807) is 0 Å². The standard InChI is InChI=1S/C20H32N4.HI/c1-16-13-19(16)23-20(21-2)22-14-17-7-9-18(10-8-17)15-24-11-5-3-4-6-12-24;/h7-10,16,19H,3-6,11-15H2,1-2H3,(H2,21,22,23);1H. The van der Waals surface area contributed by atoms with Crippen LogP contribution in [-0.2, 0) is 13.1 Å². The number of hydrogen-bond donors (Lipinski definition) is 2. The molecule has 2 N–H and O–H groups in total. The fourth-order valence-electron chi connectivity index (χ4n) is 3.39. The van der Waals surface area contributed by atoms with E-state index < -0.39 is 0 Å². The highest BCUT2D eigenvalue weighted by Crippen LogP contribution is 2.28. The van der Waals surface area contributed by atoms with E-state index in [1.807, 2.05) is 7.05 Å². The maximum atomic E-state index is 4.31. The molecule has 0 spiro atoms. The number of halogens is 1. The first-order valence-electron chi connectivity index (χ1n) is 9.52. The third-order valence-electron chi connectivity index (χ3n) is 5.24. The average Bonchev–Trinajstić information content (AvgIpc) is 3.35. The van der Waals surface area contributed by atoms with Gasteiger partial charge in [0.2, 0.25) is 0 Å². The summed E-state index contributed by atoms with van der Waals surface area (Å²) in [6.45, 7) is 6.70. The smallest absolute Gasteiger partial charge is 0.191 e. The Balaban J connectivity index is 0.00000225. The number of guanidine groups is 1. The van der Waals surface area contributed by atoms with E-state index in [0.29, 0.717) is 6.04 Å². The lowest BCUT2D eigenvalue weighted by Crippen LogP contribution is -2.38. The number of hydrogen-bond acceptors (Lipinski definition) is 2. The molecule has 0 bridgehead atoms.